The molecule has 1 atom stereocenters. The molecule has 0 aliphatic heterocycles. The van der Waals surface area contributed by atoms with Gasteiger partial charge in [-0.05, 0) is 42.5 Å². The van der Waals surface area contributed by atoms with E-state index in [9.17, 15) is 4.79 Å². The first kappa shape index (κ1) is 16.3. The Morgan fingerprint density at radius 1 is 0.955 bits per heavy atom. The van der Waals surface area contributed by atoms with Crippen molar-refractivity contribution in [3.05, 3.63) is 70.8 Å². The largest absolute Gasteiger partial charge is 0.346 e. The molecule has 2 aromatic carbocycles. The molecule has 0 saturated heterocycles. The van der Waals surface area contributed by atoms with Gasteiger partial charge in [-0.1, -0.05) is 62.7 Å². The molecule has 0 radical (unpaired) electrons. The smallest absolute Gasteiger partial charge is 0.251 e. The molecule has 116 valence electrons. The summed E-state index contributed by atoms with van der Waals surface area (Å²) < 4.78 is 0. The molecule has 2 nitrogen and oxygen atoms in total. The molecule has 0 saturated carbocycles. The summed E-state index contributed by atoms with van der Waals surface area (Å²) in [6, 6.07) is 16.1. The van der Waals surface area contributed by atoms with Crippen LogP contribution in [-0.2, 0) is 5.41 Å². The van der Waals surface area contributed by atoms with Gasteiger partial charge in [0, 0.05) is 5.56 Å². The highest BCUT2D eigenvalue weighted by Gasteiger charge is 2.15. The lowest BCUT2D eigenvalue weighted by molar-refractivity contribution is 0.0940. The van der Waals surface area contributed by atoms with Gasteiger partial charge in [0.15, 0.2) is 0 Å². The second kappa shape index (κ2) is 6.35. The first-order chi connectivity index (χ1) is 10.3. The quantitative estimate of drug-likeness (QED) is 0.867. The number of nitrogens with one attached hydrogen (secondary N) is 1. The Kier molecular flexibility index (Phi) is 4.70. The number of aryl methyl sites for hydroxylation is 1. The van der Waals surface area contributed by atoms with Crippen LogP contribution in [0.3, 0.4) is 0 Å². The third kappa shape index (κ3) is 3.97. The molecule has 1 amide bonds. The number of benzene rings is 2. The molecule has 2 rings (SSSR count). The van der Waals surface area contributed by atoms with E-state index in [1.54, 1.807) is 0 Å². The summed E-state index contributed by atoms with van der Waals surface area (Å²) in [7, 11) is 0. The fourth-order valence-corrected chi connectivity index (χ4v) is 2.34. The highest BCUT2D eigenvalue weighted by atomic mass is 16.1. The normalized spacial score (nSPS) is 12.8. The van der Waals surface area contributed by atoms with Crippen LogP contribution in [0.4, 0.5) is 0 Å². The van der Waals surface area contributed by atoms with Crippen LogP contribution >= 0.6 is 0 Å². The van der Waals surface area contributed by atoms with Crippen molar-refractivity contribution >= 4 is 5.91 Å². The van der Waals surface area contributed by atoms with Crippen LogP contribution in [0.25, 0.3) is 0 Å². The van der Waals surface area contributed by atoms with Crippen molar-refractivity contribution < 1.29 is 4.79 Å². The van der Waals surface area contributed by atoms with Crippen molar-refractivity contribution in [2.24, 2.45) is 0 Å². The summed E-state index contributed by atoms with van der Waals surface area (Å²) >= 11 is 0. The minimum atomic E-state index is -0.0338. The van der Waals surface area contributed by atoms with Gasteiger partial charge in [-0.25, -0.2) is 0 Å². The van der Waals surface area contributed by atoms with Crippen molar-refractivity contribution in [1.82, 2.24) is 5.32 Å². The summed E-state index contributed by atoms with van der Waals surface area (Å²) in [6.45, 7) is 10.6. The monoisotopic (exact) mass is 295 g/mol. The van der Waals surface area contributed by atoms with Gasteiger partial charge in [-0.2, -0.15) is 0 Å². The number of hydrogen-bond donors (Lipinski definition) is 1. The lowest BCUT2D eigenvalue weighted by Crippen LogP contribution is -2.26. The summed E-state index contributed by atoms with van der Waals surface area (Å²) in [5, 5.41) is 3.05. The van der Waals surface area contributed by atoms with Gasteiger partial charge < -0.3 is 5.32 Å². The second-order valence-electron chi connectivity index (χ2n) is 6.93. The molecule has 22 heavy (non-hydrogen) atoms. The number of rotatable bonds is 3. The Balaban J connectivity index is 2.07. The van der Waals surface area contributed by atoms with Gasteiger partial charge in [0.25, 0.3) is 5.91 Å². The van der Waals surface area contributed by atoms with Crippen molar-refractivity contribution in [2.45, 2.75) is 46.1 Å². The average molecular weight is 295 g/mol. The standard InChI is InChI=1S/C20H25NO/c1-14-6-8-16(9-7-14)15(2)21-19(22)17-10-12-18(13-11-17)20(3,4)5/h6-13,15H,1-5H3,(H,21,22)/t15-/m0/s1. The number of carbonyl (C=O) groups excluding carboxylic acids is 1. The van der Waals surface area contributed by atoms with Gasteiger partial charge in [-0.3, -0.25) is 4.79 Å². The summed E-state index contributed by atoms with van der Waals surface area (Å²) in [6.07, 6.45) is 0. The van der Waals surface area contributed by atoms with E-state index in [1.165, 1.54) is 11.1 Å². The number of hydrogen-bond acceptors (Lipinski definition) is 1. The maximum absolute atomic E-state index is 12.3. The van der Waals surface area contributed by atoms with Gasteiger partial charge in [-0.15, -0.1) is 0 Å². The summed E-state index contributed by atoms with van der Waals surface area (Å²) in [5.41, 5.74) is 4.37. The van der Waals surface area contributed by atoms with Crippen molar-refractivity contribution in [1.29, 1.82) is 0 Å². The zero-order valence-electron chi connectivity index (χ0n) is 14.1. The van der Waals surface area contributed by atoms with Crippen LogP contribution in [0.5, 0.6) is 0 Å². The topological polar surface area (TPSA) is 29.1 Å². The van der Waals surface area contributed by atoms with Crippen LogP contribution in [0.15, 0.2) is 48.5 Å². The molecule has 0 aliphatic rings. The first-order valence-electron chi connectivity index (χ1n) is 7.75. The van der Waals surface area contributed by atoms with Gasteiger partial charge in [0.1, 0.15) is 0 Å². The van der Waals surface area contributed by atoms with Gasteiger partial charge in [0.2, 0.25) is 0 Å². The molecule has 0 heterocycles. The Morgan fingerprint density at radius 2 is 1.50 bits per heavy atom. The fraction of sp³-hybridized carbons (Fsp3) is 0.350. The molecule has 0 aromatic heterocycles. The molecule has 0 unspecified atom stereocenters. The van der Waals surface area contributed by atoms with E-state index in [0.29, 0.717) is 5.56 Å². The molecule has 2 heteroatoms. The minimum Gasteiger partial charge on any atom is -0.346 e. The van der Waals surface area contributed by atoms with E-state index < -0.39 is 0 Å². The Bertz CT molecular complexity index is 633. The minimum absolute atomic E-state index is 0.00427. The molecular formula is C20H25NO. The lowest BCUT2D eigenvalue weighted by Gasteiger charge is -2.19. The Labute approximate surface area is 133 Å². The van der Waals surface area contributed by atoms with E-state index in [0.717, 1.165) is 5.56 Å². The Hall–Kier alpha value is -2.09. The number of amides is 1. The van der Waals surface area contributed by atoms with Gasteiger partial charge in [0.05, 0.1) is 6.04 Å². The van der Waals surface area contributed by atoms with Crippen LogP contribution in [0, 0.1) is 6.92 Å². The lowest BCUT2D eigenvalue weighted by atomic mass is 9.86. The molecule has 0 bridgehead atoms. The van der Waals surface area contributed by atoms with Crippen molar-refractivity contribution in [3.8, 4) is 0 Å². The van der Waals surface area contributed by atoms with E-state index in [-0.39, 0.29) is 17.4 Å². The maximum Gasteiger partial charge on any atom is 0.251 e. The molecule has 2 aromatic rings. The van der Waals surface area contributed by atoms with Crippen LogP contribution in [0.2, 0.25) is 0 Å². The Morgan fingerprint density at radius 3 is 2.00 bits per heavy atom. The molecule has 0 aliphatic carbocycles. The fourth-order valence-electron chi connectivity index (χ4n) is 2.34. The van der Waals surface area contributed by atoms with E-state index >= 15 is 0 Å². The second-order valence-corrected chi connectivity index (χ2v) is 6.93. The predicted molar refractivity (Wildman–Crippen MR) is 92.2 cm³/mol. The van der Waals surface area contributed by atoms with Crippen molar-refractivity contribution in [3.63, 3.8) is 0 Å². The first-order valence-corrected chi connectivity index (χ1v) is 7.75. The van der Waals surface area contributed by atoms with Gasteiger partial charge >= 0.3 is 0 Å². The third-order valence-electron chi connectivity index (χ3n) is 3.94. The van der Waals surface area contributed by atoms with Crippen LogP contribution < -0.4 is 5.32 Å². The average Bonchev–Trinajstić information content (AvgIpc) is 2.47. The van der Waals surface area contributed by atoms with E-state index in [4.69, 9.17) is 0 Å². The van der Waals surface area contributed by atoms with E-state index in [1.807, 2.05) is 31.2 Å². The maximum atomic E-state index is 12.3. The molecule has 0 fully saturated rings. The predicted octanol–water partition coefficient (Wildman–Crippen LogP) is 4.78. The van der Waals surface area contributed by atoms with Crippen LogP contribution in [-0.4, -0.2) is 5.91 Å². The molecular weight excluding hydrogens is 270 g/mol. The zero-order chi connectivity index (χ0) is 16.3. The van der Waals surface area contributed by atoms with Crippen LogP contribution in [0.1, 0.15) is 60.8 Å². The highest BCUT2D eigenvalue weighted by molar-refractivity contribution is 5.94. The van der Waals surface area contributed by atoms with Crippen molar-refractivity contribution in [2.75, 3.05) is 0 Å². The zero-order valence-corrected chi connectivity index (χ0v) is 14.1. The highest BCUT2D eigenvalue weighted by Crippen LogP contribution is 2.22. The summed E-state index contributed by atoms with van der Waals surface area (Å²) in [5.74, 6) is -0.0338. The SMILES string of the molecule is Cc1ccc([C@H](C)NC(=O)c2ccc(C(C)(C)C)cc2)cc1. The molecule has 0 spiro atoms. The van der Waals surface area contributed by atoms with E-state index in [2.05, 4.69) is 57.3 Å². The number of carbonyl (C=O) groups is 1. The summed E-state index contributed by atoms with van der Waals surface area (Å²) in [4.78, 5) is 12.3. The third-order valence-corrected chi connectivity index (χ3v) is 3.94. The molecule has 1 N–H and O–H groups in total.